The van der Waals surface area contributed by atoms with Crippen LogP contribution in [0.25, 0.3) is 0 Å². The molecule has 0 saturated carbocycles. The quantitative estimate of drug-likeness (QED) is 0.648. The van der Waals surface area contributed by atoms with Crippen molar-refractivity contribution in [2.75, 3.05) is 0 Å². The van der Waals surface area contributed by atoms with Crippen molar-refractivity contribution in [3.8, 4) is 0 Å². The topological polar surface area (TPSA) is 82.3 Å². The smallest absolute Gasteiger partial charge is 0.269 e. The second-order valence-corrected chi connectivity index (χ2v) is 3.79. The summed E-state index contributed by atoms with van der Waals surface area (Å²) in [6.07, 6.45) is 3.80. The van der Waals surface area contributed by atoms with Gasteiger partial charge in [0.05, 0.1) is 17.4 Å². The maximum atomic E-state index is 10.5. The van der Waals surface area contributed by atoms with E-state index in [-0.39, 0.29) is 11.7 Å². The van der Waals surface area contributed by atoms with E-state index in [0.717, 1.165) is 11.1 Å². The van der Waals surface area contributed by atoms with Crippen molar-refractivity contribution in [1.82, 2.24) is 0 Å². The Morgan fingerprint density at radius 1 is 1.29 bits per heavy atom. The van der Waals surface area contributed by atoms with Crippen molar-refractivity contribution in [2.24, 2.45) is 5.73 Å². The number of hydrogen-bond acceptors (Lipinski definition) is 4. The molecule has 1 aromatic heterocycles. The van der Waals surface area contributed by atoms with Gasteiger partial charge in [-0.1, -0.05) is 12.1 Å². The molecule has 0 fully saturated rings. The number of non-ortho nitro benzene ring substituents is 1. The van der Waals surface area contributed by atoms with Crippen LogP contribution in [0.15, 0.2) is 47.3 Å². The van der Waals surface area contributed by atoms with Crippen LogP contribution in [0.4, 0.5) is 5.69 Å². The summed E-state index contributed by atoms with van der Waals surface area (Å²) in [6, 6.07) is 8.07. The van der Waals surface area contributed by atoms with Gasteiger partial charge >= 0.3 is 0 Å². The second-order valence-electron chi connectivity index (χ2n) is 3.79. The number of furan rings is 1. The molecular weight excluding hydrogens is 220 g/mol. The molecule has 2 rings (SSSR count). The minimum Gasteiger partial charge on any atom is -0.472 e. The molecule has 17 heavy (non-hydrogen) atoms. The van der Waals surface area contributed by atoms with Crippen LogP contribution >= 0.6 is 0 Å². The number of rotatable bonds is 4. The summed E-state index contributed by atoms with van der Waals surface area (Å²) in [6.45, 7) is 0. The number of benzene rings is 1. The van der Waals surface area contributed by atoms with Gasteiger partial charge in [-0.2, -0.15) is 0 Å². The molecule has 1 unspecified atom stereocenters. The molecular formula is C12H12N2O3. The minimum atomic E-state index is -0.417. The summed E-state index contributed by atoms with van der Waals surface area (Å²) in [7, 11) is 0. The molecule has 0 aliphatic heterocycles. The van der Waals surface area contributed by atoms with Crippen LogP contribution in [0.2, 0.25) is 0 Å². The lowest BCUT2D eigenvalue weighted by Crippen LogP contribution is -2.12. The van der Waals surface area contributed by atoms with E-state index in [1.165, 1.54) is 12.1 Å². The molecule has 2 aromatic rings. The molecule has 88 valence electrons. The Balaban J connectivity index is 2.06. The fourth-order valence-corrected chi connectivity index (χ4v) is 1.61. The van der Waals surface area contributed by atoms with E-state index in [2.05, 4.69) is 0 Å². The summed E-state index contributed by atoms with van der Waals surface area (Å²) in [5.41, 5.74) is 7.95. The average molecular weight is 232 g/mol. The van der Waals surface area contributed by atoms with Crippen molar-refractivity contribution in [1.29, 1.82) is 0 Å². The Hall–Kier alpha value is -2.14. The third-order valence-electron chi connectivity index (χ3n) is 2.57. The van der Waals surface area contributed by atoms with Crippen molar-refractivity contribution >= 4 is 5.69 Å². The molecule has 0 saturated heterocycles. The number of nitrogens with zero attached hydrogens (tertiary/aromatic N) is 1. The van der Waals surface area contributed by atoms with Crippen molar-refractivity contribution in [2.45, 2.75) is 12.5 Å². The summed E-state index contributed by atoms with van der Waals surface area (Å²) >= 11 is 0. The highest BCUT2D eigenvalue weighted by molar-refractivity contribution is 5.33. The highest BCUT2D eigenvalue weighted by Crippen LogP contribution is 2.18. The molecule has 0 spiro atoms. The first-order valence-corrected chi connectivity index (χ1v) is 5.18. The van der Waals surface area contributed by atoms with Gasteiger partial charge < -0.3 is 10.2 Å². The predicted molar refractivity (Wildman–Crippen MR) is 62.4 cm³/mol. The Morgan fingerprint density at radius 2 is 2.00 bits per heavy atom. The zero-order chi connectivity index (χ0) is 12.3. The van der Waals surface area contributed by atoms with E-state index in [9.17, 15) is 10.1 Å². The number of nitro groups is 1. The van der Waals surface area contributed by atoms with Gasteiger partial charge in [0, 0.05) is 23.7 Å². The van der Waals surface area contributed by atoms with Gasteiger partial charge in [0.15, 0.2) is 0 Å². The van der Waals surface area contributed by atoms with Gasteiger partial charge in [-0.25, -0.2) is 0 Å². The Bertz CT molecular complexity index is 491. The van der Waals surface area contributed by atoms with E-state index < -0.39 is 4.92 Å². The Morgan fingerprint density at radius 3 is 2.53 bits per heavy atom. The summed E-state index contributed by atoms with van der Waals surface area (Å²) in [4.78, 5) is 10.1. The molecule has 1 aromatic carbocycles. The van der Waals surface area contributed by atoms with Gasteiger partial charge in [-0.3, -0.25) is 10.1 Å². The maximum absolute atomic E-state index is 10.5. The lowest BCUT2D eigenvalue weighted by molar-refractivity contribution is -0.384. The van der Waals surface area contributed by atoms with E-state index >= 15 is 0 Å². The molecule has 0 radical (unpaired) electrons. The van der Waals surface area contributed by atoms with Crippen LogP contribution in [0, 0.1) is 10.1 Å². The zero-order valence-corrected chi connectivity index (χ0v) is 9.08. The van der Waals surface area contributed by atoms with Crippen LogP contribution in [0.3, 0.4) is 0 Å². The number of hydrogen-bond donors (Lipinski definition) is 1. The average Bonchev–Trinajstić information content (AvgIpc) is 2.83. The highest BCUT2D eigenvalue weighted by atomic mass is 16.6. The van der Waals surface area contributed by atoms with Crippen LogP contribution in [-0.4, -0.2) is 4.92 Å². The van der Waals surface area contributed by atoms with Crippen LogP contribution in [0.1, 0.15) is 17.2 Å². The lowest BCUT2D eigenvalue weighted by Gasteiger charge is -2.08. The standard InChI is InChI=1S/C12H12N2O3/c13-12(10-5-6-17-8-10)7-9-1-3-11(4-2-9)14(15)16/h1-6,8,12H,7,13H2. The largest absolute Gasteiger partial charge is 0.472 e. The number of nitro benzene ring substituents is 1. The van der Waals surface area contributed by atoms with Gasteiger partial charge in [-0.05, 0) is 18.1 Å². The predicted octanol–water partition coefficient (Wildman–Crippen LogP) is 2.43. The zero-order valence-electron chi connectivity index (χ0n) is 9.08. The molecule has 0 aliphatic carbocycles. The van der Waals surface area contributed by atoms with Gasteiger partial charge in [0.25, 0.3) is 5.69 Å². The van der Waals surface area contributed by atoms with Gasteiger partial charge in [0.2, 0.25) is 0 Å². The van der Waals surface area contributed by atoms with Crippen molar-refractivity contribution in [3.63, 3.8) is 0 Å². The molecule has 5 nitrogen and oxygen atoms in total. The van der Waals surface area contributed by atoms with Crippen LogP contribution < -0.4 is 5.73 Å². The SMILES string of the molecule is NC(Cc1ccc([N+](=O)[O-])cc1)c1ccoc1. The Labute approximate surface area is 98.0 Å². The summed E-state index contributed by atoms with van der Waals surface area (Å²) < 4.78 is 4.95. The molecule has 0 amide bonds. The first kappa shape index (κ1) is 11.3. The second kappa shape index (κ2) is 4.80. The van der Waals surface area contributed by atoms with Gasteiger partial charge in [-0.15, -0.1) is 0 Å². The van der Waals surface area contributed by atoms with Crippen molar-refractivity contribution < 1.29 is 9.34 Å². The van der Waals surface area contributed by atoms with Crippen molar-refractivity contribution in [3.05, 3.63) is 64.1 Å². The summed E-state index contributed by atoms with van der Waals surface area (Å²) in [5.74, 6) is 0. The summed E-state index contributed by atoms with van der Waals surface area (Å²) in [5, 5.41) is 10.5. The number of nitrogens with two attached hydrogens (primary N) is 1. The first-order valence-electron chi connectivity index (χ1n) is 5.18. The highest BCUT2D eigenvalue weighted by Gasteiger charge is 2.09. The minimum absolute atomic E-state index is 0.0885. The third-order valence-corrected chi connectivity index (χ3v) is 2.57. The lowest BCUT2D eigenvalue weighted by atomic mass is 10.0. The third kappa shape index (κ3) is 2.70. The Kier molecular flexibility index (Phi) is 3.20. The van der Waals surface area contributed by atoms with E-state index in [0.29, 0.717) is 6.42 Å². The maximum Gasteiger partial charge on any atom is 0.269 e. The molecule has 1 heterocycles. The molecule has 0 aliphatic rings. The monoisotopic (exact) mass is 232 g/mol. The normalized spacial score (nSPS) is 12.3. The van der Waals surface area contributed by atoms with Crippen LogP contribution in [0.5, 0.6) is 0 Å². The van der Waals surface area contributed by atoms with Gasteiger partial charge in [0.1, 0.15) is 0 Å². The molecule has 1 atom stereocenters. The van der Waals surface area contributed by atoms with E-state index in [1.807, 2.05) is 6.07 Å². The molecule has 2 N–H and O–H groups in total. The van der Waals surface area contributed by atoms with Crippen LogP contribution in [-0.2, 0) is 6.42 Å². The van der Waals surface area contributed by atoms with E-state index in [4.69, 9.17) is 10.2 Å². The van der Waals surface area contributed by atoms with E-state index in [1.54, 1.807) is 24.7 Å². The fourth-order valence-electron chi connectivity index (χ4n) is 1.61. The molecule has 0 bridgehead atoms. The fraction of sp³-hybridized carbons (Fsp3) is 0.167. The molecule has 5 heteroatoms. The first-order chi connectivity index (χ1) is 8.16.